The number of fused-ring (bicyclic) bond motifs is 8. The molecule has 0 radical (unpaired) electrons. The number of amides is 4. The molecule has 8 bridgehead atoms. The van der Waals surface area contributed by atoms with Crippen molar-refractivity contribution in [3.8, 4) is 44.5 Å². The number of rotatable bonds is 24. The van der Waals surface area contributed by atoms with Crippen molar-refractivity contribution >= 4 is 102 Å². The average molecular weight is 1240 g/mol. The largest absolute Gasteiger partial charge is 0.354 e. The number of carbonyl (C=O) groups is 4. The minimum Gasteiger partial charge on any atom is -0.354 e. The van der Waals surface area contributed by atoms with Gasteiger partial charge in [-0.2, -0.15) is 0 Å². The van der Waals surface area contributed by atoms with E-state index in [4.69, 9.17) is 9.97 Å². The summed E-state index contributed by atoms with van der Waals surface area (Å²) in [7, 11) is -5.16. The normalized spacial score (nSPS) is 12.5. The molecule has 0 unspecified atom stereocenters. The third-order valence-corrected chi connectivity index (χ3v) is 23.4. The molecule has 0 spiro atoms. The lowest BCUT2D eigenvalue weighted by atomic mass is 10.0. The molecule has 7 aromatic rings. The van der Waals surface area contributed by atoms with E-state index in [2.05, 4.69) is 110 Å². The van der Waals surface area contributed by atoms with Gasteiger partial charge in [-0.15, -0.1) is 0 Å². The maximum atomic E-state index is 14.0. The molecule has 12 nitrogen and oxygen atoms in total. The Bertz CT molecular complexity index is 3480. The van der Waals surface area contributed by atoms with Crippen molar-refractivity contribution in [2.24, 2.45) is 0 Å². The minimum absolute atomic E-state index is 0.139. The number of aromatic amines is 2. The summed E-state index contributed by atoms with van der Waals surface area (Å²) in [5.41, 5.74) is 14.0. The molecule has 5 heterocycles. The van der Waals surface area contributed by atoms with Gasteiger partial charge in [0.1, 0.15) is 0 Å². The highest BCUT2D eigenvalue weighted by atomic mass is 28.3. The molecule has 2 aliphatic rings. The first-order valence-electron chi connectivity index (χ1n) is 31.5. The van der Waals surface area contributed by atoms with Gasteiger partial charge in [-0.25, -0.2) is 9.97 Å². The van der Waals surface area contributed by atoms with Crippen molar-refractivity contribution in [3.63, 3.8) is 0 Å². The average Bonchev–Trinajstić information content (AvgIpc) is 1.84. The fraction of sp³-hybridized carbons (Fsp3) is 0.333. The molecular formula is C72H90N8O4Si4. The Morgan fingerprint density at radius 1 is 0.330 bits per heavy atom. The predicted octanol–water partition coefficient (Wildman–Crippen LogP) is 17.2. The van der Waals surface area contributed by atoms with Gasteiger partial charge in [-0.05, 0) is 145 Å². The third kappa shape index (κ3) is 17.3. The van der Waals surface area contributed by atoms with E-state index >= 15 is 0 Å². The number of hydrogen-bond acceptors (Lipinski definition) is 6. The van der Waals surface area contributed by atoms with E-state index in [1.54, 1.807) is 0 Å². The van der Waals surface area contributed by atoms with Gasteiger partial charge >= 0.3 is 0 Å². The monoisotopic (exact) mass is 1240 g/mol. The van der Waals surface area contributed by atoms with Gasteiger partial charge in [0.15, 0.2) is 0 Å². The molecule has 0 saturated carbocycles. The van der Waals surface area contributed by atoms with Gasteiger partial charge in [-0.3, -0.25) is 19.2 Å². The molecule has 4 aromatic carbocycles. The predicted molar refractivity (Wildman–Crippen MR) is 381 cm³/mol. The van der Waals surface area contributed by atoms with Gasteiger partial charge < -0.3 is 31.2 Å². The van der Waals surface area contributed by atoms with Crippen LogP contribution in [0.5, 0.6) is 0 Å². The Kier molecular flexibility index (Phi) is 20.4. The Balaban J connectivity index is 1.29. The van der Waals surface area contributed by atoms with Crippen LogP contribution in [0.1, 0.15) is 89.9 Å². The van der Waals surface area contributed by atoms with E-state index in [1.807, 2.05) is 146 Å². The lowest BCUT2D eigenvalue weighted by molar-refractivity contribution is 0.0945. The number of H-pyrrole nitrogens is 2. The molecule has 4 amide bonds. The van der Waals surface area contributed by atoms with Gasteiger partial charge in [0, 0.05) is 125 Å². The summed E-state index contributed by atoms with van der Waals surface area (Å²) in [6.07, 6.45) is 11.8. The van der Waals surface area contributed by atoms with E-state index in [-0.39, 0.29) is 23.6 Å². The topological polar surface area (TPSA) is 174 Å². The molecule has 3 aromatic heterocycles. The summed E-state index contributed by atoms with van der Waals surface area (Å²) in [4.78, 5) is 74.8. The Hall–Kier alpha value is -7.77. The first kappa shape index (κ1) is 64.7. The highest BCUT2D eigenvalue weighted by molar-refractivity contribution is 6.77. The van der Waals surface area contributed by atoms with Crippen LogP contribution in [-0.4, -0.2) is 102 Å². The van der Waals surface area contributed by atoms with Crippen LogP contribution in [0.3, 0.4) is 0 Å². The molecule has 9 rings (SSSR count). The zero-order valence-corrected chi connectivity index (χ0v) is 57.9. The first-order chi connectivity index (χ1) is 41.8. The highest BCUT2D eigenvalue weighted by Crippen LogP contribution is 2.39. The van der Waals surface area contributed by atoms with Gasteiger partial charge in [0.2, 0.25) is 0 Å². The SMILES string of the molecule is C[Si](C)(C)CCCNC(=O)c1cccc(-c2c3nc(c(-c4cccc(C(=O)NCCC[Si](C)(C)C)c4)c4ccc([nH]4)c(-c4cccc(C(=O)NCCC[Si](C)(C)C)c4)c4nc(c(-c5cccc(C(=O)NCCC[Si](C)(C)C)c5)c5ccc2[nH]5)C=C4)C=C3)c1. The van der Waals surface area contributed by atoms with Crippen LogP contribution in [0, 0.1) is 0 Å². The summed E-state index contributed by atoms with van der Waals surface area (Å²) in [6.45, 7) is 30.6. The fourth-order valence-corrected chi connectivity index (χ4v) is 16.3. The lowest BCUT2D eigenvalue weighted by Gasteiger charge is -2.15. The second-order valence-corrected chi connectivity index (χ2v) is 51.0. The van der Waals surface area contributed by atoms with Crippen molar-refractivity contribution in [2.75, 3.05) is 26.2 Å². The Morgan fingerprint density at radius 2 is 0.545 bits per heavy atom. The molecule has 16 heteroatoms. The Labute approximate surface area is 525 Å². The number of nitrogens with zero attached hydrogens (tertiary/aromatic N) is 2. The number of aromatic nitrogens is 4. The number of nitrogens with one attached hydrogen (secondary N) is 6. The van der Waals surface area contributed by atoms with Crippen LogP contribution >= 0.6 is 0 Å². The van der Waals surface area contributed by atoms with Crippen molar-refractivity contribution in [1.29, 1.82) is 0 Å². The molecule has 0 atom stereocenters. The summed E-state index contributed by atoms with van der Waals surface area (Å²) in [5.74, 6) is -0.554. The molecule has 0 saturated heterocycles. The zero-order chi connectivity index (χ0) is 63.0. The van der Waals surface area contributed by atoms with Crippen molar-refractivity contribution < 1.29 is 19.2 Å². The van der Waals surface area contributed by atoms with E-state index in [0.29, 0.717) is 71.2 Å². The minimum atomic E-state index is -1.29. The maximum Gasteiger partial charge on any atom is 0.251 e. The van der Waals surface area contributed by atoms with E-state index in [0.717, 1.165) is 116 Å². The highest BCUT2D eigenvalue weighted by Gasteiger charge is 2.23. The van der Waals surface area contributed by atoms with Crippen molar-refractivity contribution in [3.05, 3.63) is 166 Å². The number of carbonyl (C=O) groups excluding carboxylic acids is 4. The molecule has 0 aliphatic carbocycles. The van der Waals surface area contributed by atoms with Crippen LogP contribution in [0.25, 0.3) is 90.9 Å². The van der Waals surface area contributed by atoms with E-state index < -0.39 is 32.3 Å². The van der Waals surface area contributed by atoms with Gasteiger partial charge in [0.25, 0.3) is 23.6 Å². The first-order valence-corrected chi connectivity index (χ1v) is 46.3. The summed E-state index contributed by atoms with van der Waals surface area (Å²) in [5, 5.41) is 12.8. The van der Waals surface area contributed by atoms with Crippen LogP contribution in [0.4, 0.5) is 0 Å². The van der Waals surface area contributed by atoms with Crippen molar-refractivity contribution in [2.45, 2.75) is 128 Å². The van der Waals surface area contributed by atoms with Gasteiger partial charge in [0.05, 0.1) is 22.8 Å². The zero-order valence-electron chi connectivity index (χ0n) is 53.9. The molecular weight excluding hydrogens is 1150 g/mol. The maximum absolute atomic E-state index is 14.0. The van der Waals surface area contributed by atoms with Gasteiger partial charge in [-0.1, -0.05) is 151 Å². The lowest BCUT2D eigenvalue weighted by Crippen LogP contribution is -2.27. The van der Waals surface area contributed by atoms with E-state index in [9.17, 15) is 19.2 Å². The van der Waals surface area contributed by atoms with E-state index in [1.165, 1.54) is 0 Å². The quantitative estimate of drug-likeness (QED) is 0.0259. The second-order valence-electron chi connectivity index (χ2n) is 28.5. The molecule has 2 aliphatic heterocycles. The number of hydrogen-bond donors (Lipinski definition) is 6. The summed E-state index contributed by atoms with van der Waals surface area (Å²) < 4.78 is 0. The fourth-order valence-electron chi connectivity index (χ4n) is 11.4. The molecule has 88 heavy (non-hydrogen) atoms. The molecule has 0 fully saturated rings. The second kappa shape index (κ2) is 27.7. The molecule has 458 valence electrons. The van der Waals surface area contributed by atoms with Crippen LogP contribution in [0.2, 0.25) is 103 Å². The van der Waals surface area contributed by atoms with Crippen LogP contribution < -0.4 is 21.3 Å². The molecule has 6 N–H and O–H groups in total. The van der Waals surface area contributed by atoms with Crippen LogP contribution in [0.15, 0.2) is 121 Å². The Morgan fingerprint density at radius 3 is 0.750 bits per heavy atom. The standard InChI is InChI=1S/C72H90N8O4Si4/c1-85(2,3)41-17-37-73-69(81)53-25-13-21-49(45-53)65-57-29-31-59(77-57)66(50-22-14-26-54(46-50)70(82)74-38-18-42-86(4,5)6)61-33-35-63(79-61)68(52-24-16-28-56(48-52)72(84)76-40-20-44-88(10,11)12)64-36-34-62(80-64)67(60-32-30-58(65)78-60)51-23-15-27-55(47-51)71(83)75-39-19-43-87(7,8)9/h13-16,21-36,45-48,77,80H,17-20,37-44H2,1-12H3,(H,73,81)(H,74,82)(H,75,83)(H,76,84). The number of benzene rings is 4. The third-order valence-electron chi connectivity index (χ3n) is 16.0. The van der Waals surface area contributed by atoms with Crippen LogP contribution in [-0.2, 0) is 0 Å². The summed E-state index contributed by atoms with van der Waals surface area (Å²) in [6, 6.07) is 43.6. The summed E-state index contributed by atoms with van der Waals surface area (Å²) >= 11 is 0. The van der Waals surface area contributed by atoms with Crippen molar-refractivity contribution in [1.82, 2.24) is 41.2 Å². The smallest absolute Gasteiger partial charge is 0.251 e.